The first-order chi connectivity index (χ1) is 11.4. The van der Waals surface area contributed by atoms with Crippen molar-refractivity contribution in [3.63, 3.8) is 0 Å². The van der Waals surface area contributed by atoms with Crippen molar-refractivity contribution >= 4 is 0 Å². The maximum Gasteiger partial charge on any atom is 0.101 e. The van der Waals surface area contributed by atoms with Gasteiger partial charge < -0.3 is 5.32 Å². The summed E-state index contributed by atoms with van der Waals surface area (Å²) in [6.45, 7) is 12.5. The second-order valence-electron chi connectivity index (χ2n) is 8.50. The Morgan fingerprint density at radius 1 is 1.38 bits per heavy atom. The maximum absolute atomic E-state index is 9.79. The molecule has 0 unspecified atom stereocenters. The lowest BCUT2D eigenvalue weighted by molar-refractivity contribution is 0.0625. The van der Waals surface area contributed by atoms with Crippen LogP contribution >= 0.6 is 0 Å². The Bertz CT molecular complexity index is 540. The normalized spacial score (nSPS) is 22.7. The quantitative estimate of drug-likeness (QED) is 0.692. The first-order valence-corrected chi connectivity index (χ1v) is 9.62. The van der Waals surface area contributed by atoms with E-state index in [0.717, 1.165) is 56.0 Å². The predicted molar refractivity (Wildman–Crippen MR) is 101 cm³/mol. The number of nitrogens with zero attached hydrogens (tertiary/aromatic N) is 2. The standard InChI is InChI=1S/C21H35N3/c1-6-7-8-20(23-5)18(13-22)19-15-24(10-9-16(19)2)14-17-11-21(3,4)12-17/h17,23H,6-12,14-15H2,1-5H3/b20-18+. The number of rotatable bonds is 7. The lowest BCUT2D eigenvalue weighted by atomic mass is 9.64. The molecule has 2 aliphatic rings. The summed E-state index contributed by atoms with van der Waals surface area (Å²) in [4.78, 5) is 2.58. The van der Waals surface area contributed by atoms with Crippen LogP contribution in [0.4, 0.5) is 0 Å². The fraction of sp³-hybridized carbons (Fsp3) is 0.762. The van der Waals surface area contributed by atoms with Gasteiger partial charge >= 0.3 is 0 Å². The summed E-state index contributed by atoms with van der Waals surface area (Å²) in [5.41, 5.74) is 5.26. The van der Waals surface area contributed by atoms with Crippen molar-refractivity contribution in [3.8, 4) is 6.07 Å². The Labute approximate surface area is 148 Å². The van der Waals surface area contributed by atoms with E-state index in [1.807, 2.05) is 7.05 Å². The highest BCUT2D eigenvalue weighted by molar-refractivity contribution is 5.49. The summed E-state index contributed by atoms with van der Waals surface area (Å²) in [5.74, 6) is 0.845. The molecule has 0 atom stereocenters. The average Bonchev–Trinajstić information content (AvgIpc) is 2.52. The molecule has 134 valence electrons. The van der Waals surface area contributed by atoms with Crippen molar-refractivity contribution in [2.24, 2.45) is 11.3 Å². The van der Waals surface area contributed by atoms with Crippen molar-refractivity contribution in [1.29, 1.82) is 5.26 Å². The molecule has 0 spiro atoms. The Kier molecular flexibility index (Phi) is 6.52. The van der Waals surface area contributed by atoms with E-state index >= 15 is 0 Å². The summed E-state index contributed by atoms with van der Waals surface area (Å²) in [5, 5.41) is 13.1. The third-order valence-electron chi connectivity index (χ3n) is 5.70. The topological polar surface area (TPSA) is 39.1 Å². The fourth-order valence-corrected chi connectivity index (χ4v) is 4.41. The number of nitriles is 1. The van der Waals surface area contributed by atoms with E-state index in [1.165, 1.54) is 30.5 Å². The van der Waals surface area contributed by atoms with E-state index in [2.05, 4.69) is 44.0 Å². The smallest absolute Gasteiger partial charge is 0.101 e. The molecule has 0 aromatic heterocycles. The maximum atomic E-state index is 9.79. The summed E-state index contributed by atoms with van der Waals surface area (Å²) in [6, 6.07) is 2.51. The minimum absolute atomic E-state index is 0.548. The third-order valence-corrected chi connectivity index (χ3v) is 5.70. The van der Waals surface area contributed by atoms with Crippen LogP contribution in [0, 0.1) is 22.7 Å². The lowest BCUT2D eigenvalue weighted by Gasteiger charge is -2.45. The van der Waals surface area contributed by atoms with Crippen LogP contribution in [0.25, 0.3) is 0 Å². The average molecular weight is 330 g/mol. The molecule has 0 amide bonds. The van der Waals surface area contributed by atoms with Crippen LogP contribution in [-0.4, -0.2) is 31.6 Å². The van der Waals surface area contributed by atoms with Crippen LogP contribution < -0.4 is 5.32 Å². The van der Waals surface area contributed by atoms with Gasteiger partial charge in [0.2, 0.25) is 0 Å². The Hall–Kier alpha value is -1.27. The minimum atomic E-state index is 0.548. The molecule has 0 radical (unpaired) electrons. The second kappa shape index (κ2) is 8.21. The lowest BCUT2D eigenvalue weighted by Crippen LogP contribution is -2.42. The van der Waals surface area contributed by atoms with Gasteiger partial charge in [0.1, 0.15) is 6.07 Å². The van der Waals surface area contributed by atoms with Crippen molar-refractivity contribution in [2.75, 3.05) is 26.7 Å². The predicted octanol–water partition coefficient (Wildman–Crippen LogP) is 4.63. The van der Waals surface area contributed by atoms with E-state index in [4.69, 9.17) is 0 Å². The number of unbranched alkanes of at least 4 members (excludes halogenated alkanes) is 1. The van der Waals surface area contributed by atoms with Crippen LogP contribution in [0.15, 0.2) is 22.4 Å². The van der Waals surface area contributed by atoms with E-state index in [1.54, 1.807) is 0 Å². The molecule has 1 N–H and O–H groups in total. The second-order valence-corrected chi connectivity index (χ2v) is 8.50. The molecule has 1 saturated carbocycles. The van der Waals surface area contributed by atoms with Crippen molar-refractivity contribution in [1.82, 2.24) is 10.2 Å². The molecule has 1 aliphatic heterocycles. The minimum Gasteiger partial charge on any atom is -0.390 e. The Balaban J connectivity index is 2.09. The Morgan fingerprint density at radius 2 is 2.08 bits per heavy atom. The van der Waals surface area contributed by atoms with Crippen LogP contribution in [0.1, 0.15) is 66.2 Å². The van der Waals surface area contributed by atoms with Gasteiger partial charge in [-0.15, -0.1) is 0 Å². The molecular formula is C21H35N3. The molecule has 1 fully saturated rings. The first kappa shape index (κ1) is 19.1. The SMILES string of the molecule is CCCC/C(NC)=C(/C#N)C1=C(C)CCN(CC2CC(C)(C)C2)C1. The zero-order valence-electron chi connectivity index (χ0n) is 16.3. The first-order valence-electron chi connectivity index (χ1n) is 9.62. The van der Waals surface area contributed by atoms with E-state index < -0.39 is 0 Å². The van der Waals surface area contributed by atoms with Gasteiger partial charge in [-0.2, -0.15) is 5.26 Å². The number of allylic oxidation sites excluding steroid dienone is 1. The van der Waals surface area contributed by atoms with Crippen LogP contribution in [0.5, 0.6) is 0 Å². The van der Waals surface area contributed by atoms with Gasteiger partial charge in [0.25, 0.3) is 0 Å². The van der Waals surface area contributed by atoms with Gasteiger partial charge in [0.05, 0.1) is 5.57 Å². The molecule has 1 heterocycles. The molecule has 1 aliphatic carbocycles. The third kappa shape index (κ3) is 4.63. The van der Waals surface area contributed by atoms with E-state index in [9.17, 15) is 5.26 Å². The number of hydrogen-bond donors (Lipinski definition) is 1. The zero-order valence-corrected chi connectivity index (χ0v) is 16.3. The van der Waals surface area contributed by atoms with E-state index in [0.29, 0.717) is 5.41 Å². The molecule has 2 rings (SSSR count). The summed E-state index contributed by atoms with van der Waals surface area (Å²) >= 11 is 0. The van der Waals surface area contributed by atoms with Crippen molar-refractivity contribution in [2.45, 2.75) is 66.2 Å². The number of nitrogens with one attached hydrogen (secondary N) is 1. The van der Waals surface area contributed by atoms with Crippen molar-refractivity contribution in [3.05, 3.63) is 22.4 Å². The van der Waals surface area contributed by atoms with Crippen LogP contribution in [-0.2, 0) is 0 Å². The van der Waals surface area contributed by atoms with Gasteiger partial charge in [0.15, 0.2) is 0 Å². The molecule has 0 aromatic rings. The van der Waals surface area contributed by atoms with Crippen LogP contribution in [0.3, 0.4) is 0 Å². The van der Waals surface area contributed by atoms with Gasteiger partial charge in [0, 0.05) is 32.4 Å². The zero-order chi connectivity index (χ0) is 17.7. The number of hydrogen-bond acceptors (Lipinski definition) is 3. The highest BCUT2D eigenvalue weighted by Gasteiger charge is 2.37. The largest absolute Gasteiger partial charge is 0.390 e. The van der Waals surface area contributed by atoms with E-state index in [-0.39, 0.29) is 0 Å². The molecule has 3 heteroatoms. The molecular weight excluding hydrogens is 294 g/mol. The Morgan fingerprint density at radius 3 is 2.62 bits per heavy atom. The van der Waals surface area contributed by atoms with Gasteiger partial charge in [-0.05, 0) is 55.9 Å². The van der Waals surface area contributed by atoms with Gasteiger partial charge in [-0.3, -0.25) is 4.90 Å². The summed E-state index contributed by atoms with van der Waals surface area (Å²) in [6.07, 6.45) is 7.06. The monoisotopic (exact) mass is 329 g/mol. The van der Waals surface area contributed by atoms with Gasteiger partial charge in [-0.1, -0.05) is 32.8 Å². The van der Waals surface area contributed by atoms with Gasteiger partial charge in [-0.25, -0.2) is 0 Å². The highest BCUT2D eigenvalue weighted by atomic mass is 15.1. The molecule has 3 nitrogen and oxygen atoms in total. The molecule has 0 saturated heterocycles. The highest BCUT2D eigenvalue weighted by Crippen LogP contribution is 2.45. The molecule has 24 heavy (non-hydrogen) atoms. The summed E-state index contributed by atoms with van der Waals surface area (Å²) in [7, 11) is 1.95. The molecule has 0 bridgehead atoms. The van der Waals surface area contributed by atoms with Crippen LogP contribution in [0.2, 0.25) is 0 Å². The fourth-order valence-electron chi connectivity index (χ4n) is 4.41. The summed E-state index contributed by atoms with van der Waals surface area (Å²) < 4.78 is 0. The van der Waals surface area contributed by atoms with Crippen molar-refractivity contribution < 1.29 is 0 Å². The molecule has 0 aromatic carbocycles.